The summed E-state index contributed by atoms with van der Waals surface area (Å²) < 4.78 is 18.4. The minimum atomic E-state index is -0.681. The van der Waals surface area contributed by atoms with E-state index in [4.69, 9.17) is 11.6 Å². The van der Waals surface area contributed by atoms with Gasteiger partial charge in [0.15, 0.2) is 11.5 Å². The van der Waals surface area contributed by atoms with Gasteiger partial charge in [0.1, 0.15) is 5.69 Å². The molecule has 2 aromatic rings. The van der Waals surface area contributed by atoms with Crippen molar-refractivity contribution in [2.45, 2.75) is 6.92 Å². The van der Waals surface area contributed by atoms with Crippen molar-refractivity contribution < 1.29 is 13.9 Å². The smallest absolute Gasteiger partial charge is 0.358 e. The lowest BCUT2D eigenvalue weighted by molar-refractivity contribution is 0.0594. The number of carbonyl (C=O) groups excluding carboxylic acids is 1. The number of nitrogens with zero attached hydrogens (tertiary/aromatic N) is 2. The molecule has 0 atom stereocenters. The highest BCUT2D eigenvalue weighted by molar-refractivity contribution is 6.33. The van der Waals surface area contributed by atoms with E-state index in [9.17, 15) is 9.18 Å². The number of rotatable bonds is 2. The van der Waals surface area contributed by atoms with E-state index < -0.39 is 11.8 Å². The van der Waals surface area contributed by atoms with Gasteiger partial charge in [-0.25, -0.2) is 14.2 Å². The molecule has 2 aromatic heterocycles. The molecule has 0 fully saturated rings. The van der Waals surface area contributed by atoms with Gasteiger partial charge >= 0.3 is 5.97 Å². The third kappa shape index (κ3) is 2.71. The fraction of sp³-hybridized carbons (Fsp3) is 0.154. The molecule has 0 radical (unpaired) electrons. The summed E-state index contributed by atoms with van der Waals surface area (Å²) in [5, 5.41) is 0.142. The average molecular weight is 281 g/mol. The van der Waals surface area contributed by atoms with E-state index in [0.717, 1.165) is 0 Å². The Bertz CT molecular complexity index is 647. The first-order chi connectivity index (χ1) is 9.02. The standard InChI is InChI=1S/C13H10ClFN2O2/c1-7-5-9(15)12(16-6-7)10-4-3-8(14)11(17-10)13(18)19-2/h3-6H,1-2H3. The molecule has 6 heteroatoms. The first-order valence-electron chi connectivity index (χ1n) is 5.40. The molecule has 0 saturated heterocycles. The fourth-order valence-corrected chi connectivity index (χ4v) is 1.72. The van der Waals surface area contributed by atoms with Gasteiger partial charge in [0.05, 0.1) is 17.8 Å². The molecule has 98 valence electrons. The fourth-order valence-electron chi connectivity index (χ4n) is 1.54. The summed E-state index contributed by atoms with van der Waals surface area (Å²) in [6.45, 7) is 1.73. The second-order valence-corrected chi connectivity index (χ2v) is 4.27. The SMILES string of the molecule is COC(=O)c1nc(-c2ncc(C)cc2F)ccc1Cl. The summed E-state index contributed by atoms with van der Waals surface area (Å²) in [6, 6.07) is 4.29. The lowest BCUT2D eigenvalue weighted by atomic mass is 10.2. The summed E-state index contributed by atoms with van der Waals surface area (Å²) in [5.41, 5.74) is 0.918. The molecule has 0 aliphatic heterocycles. The zero-order valence-electron chi connectivity index (χ0n) is 10.3. The van der Waals surface area contributed by atoms with Crippen LogP contribution in [-0.2, 0) is 4.74 Å². The zero-order valence-corrected chi connectivity index (χ0v) is 11.0. The lowest BCUT2D eigenvalue weighted by Gasteiger charge is -2.06. The highest BCUT2D eigenvalue weighted by atomic mass is 35.5. The van der Waals surface area contributed by atoms with E-state index >= 15 is 0 Å². The molecule has 0 spiro atoms. The molecule has 2 rings (SSSR count). The Morgan fingerprint density at radius 3 is 2.79 bits per heavy atom. The molecule has 0 bridgehead atoms. The van der Waals surface area contributed by atoms with Crippen molar-refractivity contribution in [3.8, 4) is 11.4 Å². The van der Waals surface area contributed by atoms with Crippen molar-refractivity contribution in [2.24, 2.45) is 0 Å². The highest BCUT2D eigenvalue weighted by Crippen LogP contribution is 2.23. The van der Waals surface area contributed by atoms with Crippen molar-refractivity contribution in [3.63, 3.8) is 0 Å². The first kappa shape index (κ1) is 13.4. The van der Waals surface area contributed by atoms with Gasteiger partial charge in [-0.1, -0.05) is 11.6 Å². The summed E-state index contributed by atoms with van der Waals surface area (Å²) in [5.74, 6) is -1.19. The third-order valence-corrected chi connectivity index (χ3v) is 2.75. The number of methoxy groups -OCH3 is 1. The summed E-state index contributed by atoms with van der Waals surface area (Å²) >= 11 is 5.84. The van der Waals surface area contributed by atoms with Crippen LogP contribution in [0, 0.1) is 12.7 Å². The summed E-state index contributed by atoms with van der Waals surface area (Å²) in [6.07, 6.45) is 1.52. The van der Waals surface area contributed by atoms with Crippen LogP contribution in [0.3, 0.4) is 0 Å². The van der Waals surface area contributed by atoms with E-state index in [1.165, 1.54) is 31.5 Å². The van der Waals surface area contributed by atoms with Crippen molar-refractivity contribution >= 4 is 17.6 Å². The maximum atomic E-state index is 13.8. The number of halogens is 2. The quantitative estimate of drug-likeness (QED) is 0.794. The van der Waals surface area contributed by atoms with Gasteiger partial charge in [-0.05, 0) is 30.7 Å². The first-order valence-corrected chi connectivity index (χ1v) is 5.78. The van der Waals surface area contributed by atoms with Gasteiger partial charge < -0.3 is 4.74 Å². The molecule has 0 unspecified atom stereocenters. The summed E-state index contributed by atoms with van der Waals surface area (Å²) in [4.78, 5) is 19.4. The van der Waals surface area contributed by atoms with Crippen LogP contribution in [-0.4, -0.2) is 23.0 Å². The Morgan fingerprint density at radius 2 is 2.16 bits per heavy atom. The van der Waals surface area contributed by atoms with Crippen LogP contribution in [0.1, 0.15) is 16.1 Å². The van der Waals surface area contributed by atoms with Crippen LogP contribution in [0.4, 0.5) is 4.39 Å². The number of aromatic nitrogens is 2. The molecular weight excluding hydrogens is 271 g/mol. The second kappa shape index (κ2) is 5.32. The Morgan fingerprint density at radius 1 is 1.42 bits per heavy atom. The van der Waals surface area contributed by atoms with E-state index in [2.05, 4.69) is 14.7 Å². The molecule has 19 heavy (non-hydrogen) atoms. The molecule has 0 amide bonds. The van der Waals surface area contributed by atoms with E-state index in [-0.39, 0.29) is 22.1 Å². The topological polar surface area (TPSA) is 52.1 Å². The van der Waals surface area contributed by atoms with Crippen molar-refractivity contribution in [1.29, 1.82) is 0 Å². The van der Waals surface area contributed by atoms with Crippen molar-refractivity contribution in [3.05, 3.63) is 46.5 Å². The number of esters is 1. The largest absolute Gasteiger partial charge is 0.464 e. The van der Waals surface area contributed by atoms with Gasteiger partial charge in [-0.3, -0.25) is 4.98 Å². The molecular formula is C13H10ClFN2O2. The number of aryl methyl sites for hydroxylation is 1. The summed E-state index contributed by atoms with van der Waals surface area (Å²) in [7, 11) is 1.22. The number of hydrogen-bond donors (Lipinski definition) is 0. The Hall–Kier alpha value is -2.01. The Kier molecular flexibility index (Phi) is 3.76. The highest BCUT2D eigenvalue weighted by Gasteiger charge is 2.16. The zero-order chi connectivity index (χ0) is 14.0. The second-order valence-electron chi connectivity index (χ2n) is 3.86. The predicted molar refractivity (Wildman–Crippen MR) is 68.5 cm³/mol. The molecule has 0 N–H and O–H groups in total. The van der Waals surface area contributed by atoms with Gasteiger partial charge in [0.25, 0.3) is 0 Å². The number of pyridine rings is 2. The van der Waals surface area contributed by atoms with Gasteiger partial charge in [-0.15, -0.1) is 0 Å². The maximum absolute atomic E-state index is 13.8. The molecule has 2 heterocycles. The maximum Gasteiger partial charge on any atom is 0.358 e. The van der Waals surface area contributed by atoms with Gasteiger partial charge in [0.2, 0.25) is 0 Å². The normalized spacial score (nSPS) is 10.3. The molecule has 0 aromatic carbocycles. The molecule has 4 nitrogen and oxygen atoms in total. The monoisotopic (exact) mass is 280 g/mol. The van der Waals surface area contributed by atoms with Crippen LogP contribution in [0.5, 0.6) is 0 Å². The van der Waals surface area contributed by atoms with E-state index in [1.54, 1.807) is 6.92 Å². The number of ether oxygens (including phenoxy) is 1. The van der Waals surface area contributed by atoms with Crippen LogP contribution >= 0.6 is 11.6 Å². The van der Waals surface area contributed by atoms with Gasteiger partial charge in [-0.2, -0.15) is 0 Å². The lowest BCUT2D eigenvalue weighted by Crippen LogP contribution is -2.06. The molecule has 0 aliphatic rings. The van der Waals surface area contributed by atoms with Crippen molar-refractivity contribution in [1.82, 2.24) is 9.97 Å². The van der Waals surface area contributed by atoms with Crippen LogP contribution in [0.25, 0.3) is 11.4 Å². The number of hydrogen-bond acceptors (Lipinski definition) is 4. The molecule has 0 saturated carbocycles. The van der Waals surface area contributed by atoms with Crippen LogP contribution in [0.15, 0.2) is 24.4 Å². The Labute approximate surface area is 114 Å². The predicted octanol–water partition coefficient (Wildman–Crippen LogP) is 3.03. The minimum absolute atomic E-state index is 0.0624. The van der Waals surface area contributed by atoms with Crippen molar-refractivity contribution in [2.75, 3.05) is 7.11 Å². The van der Waals surface area contributed by atoms with Gasteiger partial charge in [0, 0.05) is 6.20 Å². The third-order valence-electron chi connectivity index (χ3n) is 2.45. The van der Waals surface area contributed by atoms with Crippen LogP contribution in [0.2, 0.25) is 5.02 Å². The molecule has 0 aliphatic carbocycles. The Balaban J connectivity index is 2.54. The average Bonchev–Trinajstić information content (AvgIpc) is 2.39. The van der Waals surface area contributed by atoms with E-state index in [0.29, 0.717) is 5.56 Å². The van der Waals surface area contributed by atoms with E-state index in [1.807, 2.05) is 0 Å². The minimum Gasteiger partial charge on any atom is -0.464 e. The van der Waals surface area contributed by atoms with Crippen LogP contribution < -0.4 is 0 Å². The number of carbonyl (C=O) groups is 1.